The maximum atomic E-state index is 11.5. The van der Waals surface area contributed by atoms with E-state index in [-0.39, 0.29) is 5.97 Å². The highest BCUT2D eigenvalue weighted by molar-refractivity contribution is 5.70. The van der Waals surface area contributed by atoms with Gasteiger partial charge in [-0.15, -0.1) is 0 Å². The summed E-state index contributed by atoms with van der Waals surface area (Å²) in [5.74, 6) is -0.188. The molecular formula is C13H27NO3. The second-order valence-corrected chi connectivity index (χ2v) is 6.02. The van der Waals surface area contributed by atoms with E-state index in [2.05, 4.69) is 0 Å². The fourth-order valence-corrected chi connectivity index (χ4v) is 1.54. The highest BCUT2D eigenvalue weighted by Gasteiger charge is 2.20. The molecule has 1 N–H and O–H groups in total. The van der Waals surface area contributed by atoms with Crippen LogP contribution in [0.4, 0.5) is 0 Å². The van der Waals surface area contributed by atoms with E-state index in [1.807, 2.05) is 32.6 Å². The highest BCUT2D eigenvalue weighted by atomic mass is 16.6. The lowest BCUT2D eigenvalue weighted by Gasteiger charge is -2.28. The zero-order valence-electron chi connectivity index (χ0n) is 12.0. The second-order valence-electron chi connectivity index (χ2n) is 6.02. The average Bonchev–Trinajstić information content (AvgIpc) is 2.07. The number of esters is 1. The summed E-state index contributed by atoms with van der Waals surface area (Å²) >= 11 is 0. The van der Waals surface area contributed by atoms with E-state index < -0.39 is 11.2 Å². The molecule has 0 rings (SSSR count). The minimum absolute atomic E-state index is 0.188. The van der Waals surface area contributed by atoms with Crippen molar-refractivity contribution < 1.29 is 14.6 Å². The third-order valence-corrected chi connectivity index (χ3v) is 2.11. The van der Waals surface area contributed by atoms with Gasteiger partial charge >= 0.3 is 5.97 Å². The first-order valence-corrected chi connectivity index (χ1v) is 6.20. The number of likely N-dealkylation sites (N-methyl/N-ethyl adjacent to an activating group) is 1. The Morgan fingerprint density at radius 1 is 1.24 bits per heavy atom. The van der Waals surface area contributed by atoms with Crippen LogP contribution in [-0.4, -0.2) is 46.8 Å². The van der Waals surface area contributed by atoms with E-state index in [1.54, 1.807) is 13.8 Å². The van der Waals surface area contributed by atoms with Crippen LogP contribution in [0.25, 0.3) is 0 Å². The molecule has 4 nitrogen and oxygen atoms in total. The Balaban J connectivity index is 4.03. The molecule has 17 heavy (non-hydrogen) atoms. The van der Waals surface area contributed by atoms with Crippen LogP contribution in [0.15, 0.2) is 0 Å². The number of aliphatic hydroxyl groups is 1. The molecule has 0 aromatic rings. The van der Waals surface area contributed by atoms with Crippen molar-refractivity contribution in [2.24, 2.45) is 0 Å². The van der Waals surface area contributed by atoms with Crippen molar-refractivity contribution in [3.8, 4) is 0 Å². The zero-order valence-corrected chi connectivity index (χ0v) is 12.0. The number of nitrogens with zero attached hydrogens (tertiary/aromatic N) is 1. The van der Waals surface area contributed by atoms with Crippen LogP contribution in [0.3, 0.4) is 0 Å². The third kappa shape index (κ3) is 10.3. The topological polar surface area (TPSA) is 49.8 Å². The molecule has 0 saturated heterocycles. The molecule has 0 saturated carbocycles. The average molecular weight is 245 g/mol. The monoisotopic (exact) mass is 245 g/mol. The Morgan fingerprint density at radius 2 is 1.76 bits per heavy atom. The second kappa shape index (κ2) is 6.36. The maximum Gasteiger partial charge on any atom is 0.307 e. The maximum absolute atomic E-state index is 11.5. The summed E-state index contributed by atoms with van der Waals surface area (Å²) in [4.78, 5) is 13.6. The zero-order chi connectivity index (χ0) is 13.7. The molecule has 0 amide bonds. The highest BCUT2D eigenvalue weighted by Crippen LogP contribution is 2.10. The molecule has 4 heteroatoms. The van der Waals surface area contributed by atoms with Crippen LogP contribution in [0.5, 0.6) is 0 Å². The normalized spacial score (nSPS) is 12.9. The molecule has 0 bridgehead atoms. The van der Waals surface area contributed by atoms with Gasteiger partial charge in [0.15, 0.2) is 0 Å². The third-order valence-electron chi connectivity index (χ3n) is 2.11. The van der Waals surface area contributed by atoms with E-state index in [0.717, 1.165) is 6.54 Å². The van der Waals surface area contributed by atoms with Crippen molar-refractivity contribution in [1.82, 2.24) is 4.90 Å². The molecule has 0 aliphatic heterocycles. The van der Waals surface area contributed by atoms with Gasteiger partial charge in [-0.2, -0.15) is 0 Å². The number of rotatable bonds is 6. The van der Waals surface area contributed by atoms with Crippen LogP contribution < -0.4 is 0 Å². The largest absolute Gasteiger partial charge is 0.460 e. The smallest absolute Gasteiger partial charge is 0.307 e. The molecule has 0 atom stereocenters. The fraction of sp³-hybridized carbons (Fsp3) is 0.923. The van der Waals surface area contributed by atoms with Crippen molar-refractivity contribution >= 4 is 5.97 Å². The first kappa shape index (κ1) is 16.4. The van der Waals surface area contributed by atoms with Crippen LogP contribution in [0, 0.1) is 0 Å². The molecule has 0 radical (unpaired) electrons. The van der Waals surface area contributed by atoms with Gasteiger partial charge in [0.05, 0.1) is 12.0 Å². The van der Waals surface area contributed by atoms with Crippen LogP contribution in [0.2, 0.25) is 0 Å². The van der Waals surface area contributed by atoms with Gasteiger partial charge < -0.3 is 14.7 Å². The van der Waals surface area contributed by atoms with Crippen molar-refractivity contribution in [2.45, 2.75) is 59.2 Å². The molecule has 102 valence electrons. The number of hydrogen-bond donors (Lipinski definition) is 1. The summed E-state index contributed by atoms with van der Waals surface area (Å²) in [5.41, 5.74) is -1.16. The summed E-state index contributed by atoms with van der Waals surface area (Å²) < 4.78 is 5.23. The predicted molar refractivity (Wildman–Crippen MR) is 68.9 cm³/mol. The summed E-state index contributed by atoms with van der Waals surface area (Å²) in [7, 11) is 0. The Hall–Kier alpha value is -0.610. The van der Waals surface area contributed by atoms with E-state index in [0.29, 0.717) is 19.5 Å². The summed E-state index contributed by atoms with van der Waals surface area (Å²) in [6, 6.07) is 0. The van der Waals surface area contributed by atoms with Gasteiger partial charge in [0.1, 0.15) is 5.60 Å². The van der Waals surface area contributed by atoms with Crippen LogP contribution in [-0.2, 0) is 9.53 Å². The van der Waals surface area contributed by atoms with Crippen LogP contribution in [0.1, 0.15) is 48.0 Å². The van der Waals surface area contributed by atoms with Crippen molar-refractivity contribution in [3.05, 3.63) is 0 Å². The molecule has 0 aliphatic rings. The Bertz CT molecular complexity index is 238. The molecule has 0 fully saturated rings. The molecule has 0 unspecified atom stereocenters. The molecule has 0 spiro atoms. The van der Waals surface area contributed by atoms with Crippen molar-refractivity contribution in [2.75, 3.05) is 19.6 Å². The molecule has 0 aromatic carbocycles. The predicted octanol–water partition coefficient (Wildman–Crippen LogP) is 1.81. The summed E-state index contributed by atoms with van der Waals surface area (Å²) in [6.45, 7) is 13.1. The summed E-state index contributed by atoms with van der Waals surface area (Å²) in [5, 5.41) is 9.71. The minimum atomic E-state index is -0.732. The van der Waals surface area contributed by atoms with Crippen molar-refractivity contribution in [3.63, 3.8) is 0 Å². The Morgan fingerprint density at radius 3 is 2.12 bits per heavy atom. The van der Waals surface area contributed by atoms with Gasteiger partial charge in [0.2, 0.25) is 0 Å². The lowest BCUT2D eigenvalue weighted by Crippen LogP contribution is -2.40. The Kier molecular flexibility index (Phi) is 6.13. The quantitative estimate of drug-likeness (QED) is 0.725. The van der Waals surface area contributed by atoms with E-state index in [1.165, 1.54) is 0 Å². The van der Waals surface area contributed by atoms with E-state index >= 15 is 0 Å². The van der Waals surface area contributed by atoms with Gasteiger partial charge in [-0.1, -0.05) is 6.92 Å². The van der Waals surface area contributed by atoms with Gasteiger partial charge in [-0.05, 0) is 41.2 Å². The molecule has 0 heterocycles. The molecule has 0 aromatic heterocycles. The lowest BCUT2D eigenvalue weighted by atomic mass is 10.1. The SMILES string of the molecule is CCN(CCC(=O)OC(C)(C)C)CC(C)(C)O. The lowest BCUT2D eigenvalue weighted by molar-refractivity contribution is -0.155. The number of ether oxygens (including phenoxy) is 1. The first-order chi connectivity index (χ1) is 7.53. The van der Waals surface area contributed by atoms with Gasteiger partial charge in [-0.25, -0.2) is 0 Å². The van der Waals surface area contributed by atoms with E-state index in [4.69, 9.17) is 4.74 Å². The number of hydrogen-bond acceptors (Lipinski definition) is 4. The molecular weight excluding hydrogens is 218 g/mol. The fourth-order valence-electron chi connectivity index (χ4n) is 1.54. The van der Waals surface area contributed by atoms with Crippen LogP contribution >= 0.6 is 0 Å². The number of carbonyl (C=O) groups is 1. The summed E-state index contributed by atoms with van der Waals surface area (Å²) in [6.07, 6.45) is 0.362. The first-order valence-electron chi connectivity index (χ1n) is 6.20. The number of carbonyl (C=O) groups excluding carboxylic acids is 1. The van der Waals surface area contributed by atoms with Crippen molar-refractivity contribution in [1.29, 1.82) is 0 Å². The molecule has 0 aliphatic carbocycles. The minimum Gasteiger partial charge on any atom is -0.460 e. The van der Waals surface area contributed by atoms with E-state index in [9.17, 15) is 9.90 Å². The standard InChI is InChI=1S/C13H27NO3/c1-7-14(10-13(5,6)16)9-8-11(15)17-12(2,3)4/h16H,7-10H2,1-6H3. The van der Waals surface area contributed by atoms with Gasteiger partial charge in [0, 0.05) is 13.1 Å². The van der Waals surface area contributed by atoms with Gasteiger partial charge in [0.25, 0.3) is 0 Å². The van der Waals surface area contributed by atoms with Gasteiger partial charge in [-0.3, -0.25) is 4.79 Å². The Labute approximate surface area is 105 Å².